The van der Waals surface area contributed by atoms with Gasteiger partial charge in [-0.3, -0.25) is 4.57 Å². The minimum absolute atomic E-state index is 0.0173. The van der Waals surface area contributed by atoms with Crippen LogP contribution in [0.3, 0.4) is 0 Å². The SMILES string of the molecule is [2H]c1c([2H])c([2H])c(-c2nc(-c3c([2H])c([2H])c4c(oc5c([2H])c([2H])c([2H])c(-c6ccccc6)c54)c3[2H])nc(-n3c4ccccc4c4ccc5oc6ccccc6c5c43)n2)c([2H])c1[2H]. The minimum Gasteiger partial charge on any atom is -0.456 e. The molecule has 0 saturated carbocycles. The molecule has 51 heavy (non-hydrogen) atoms. The molecule has 0 aliphatic heterocycles. The number of para-hydroxylation sites is 2. The second-order valence-corrected chi connectivity index (χ2v) is 11.9. The lowest BCUT2D eigenvalue weighted by Crippen LogP contribution is -2.06. The van der Waals surface area contributed by atoms with Crippen LogP contribution >= 0.6 is 0 Å². The highest BCUT2D eigenvalue weighted by atomic mass is 16.3. The van der Waals surface area contributed by atoms with Crippen molar-refractivity contribution in [1.82, 2.24) is 19.5 Å². The van der Waals surface area contributed by atoms with Gasteiger partial charge in [-0.2, -0.15) is 9.97 Å². The first kappa shape index (κ1) is 19.2. The van der Waals surface area contributed by atoms with E-state index in [1.54, 1.807) is 34.9 Å². The van der Waals surface area contributed by atoms with Crippen molar-refractivity contribution in [3.63, 3.8) is 0 Å². The van der Waals surface area contributed by atoms with Gasteiger partial charge in [-0.15, -0.1) is 0 Å². The van der Waals surface area contributed by atoms with Crippen LogP contribution in [-0.4, -0.2) is 19.5 Å². The van der Waals surface area contributed by atoms with Crippen molar-refractivity contribution in [3.05, 3.63) is 157 Å². The van der Waals surface area contributed by atoms with Crippen LogP contribution in [0.4, 0.5) is 0 Å². The summed E-state index contributed by atoms with van der Waals surface area (Å²) in [6.45, 7) is 0. The number of benzene rings is 7. The second kappa shape index (κ2) is 10.7. The third-order valence-electron chi connectivity index (χ3n) is 9.08. The molecule has 0 saturated heterocycles. The summed E-state index contributed by atoms with van der Waals surface area (Å²) in [7, 11) is 0. The third kappa shape index (κ3) is 4.20. The predicted octanol–water partition coefficient (Wildman–Crippen LogP) is 11.8. The van der Waals surface area contributed by atoms with E-state index in [1.807, 2.05) is 60.7 Å². The van der Waals surface area contributed by atoms with E-state index in [1.165, 1.54) is 0 Å². The first-order valence-electron chi connectivity index (χ1n) is 21.6. The van der Waals surface area contributed by atoms with Gasteiger partial charge in [-0.1, -0.05) is 115 Å². The van der Waals surface area contributed by atoms with Gasteiger partial charge in [0.25, 0.3) is 0 Å². The van der Waals surface area contributed by atoms with E-state index in [0.717, 1.165) is 21.5 Å². The van der Waals surface area contributed by atoms with Crippen LogP contribution in [0.5, 0.6) is 0 Å². The molecule has 4 heterocycles. The molecule has 0 fully saturated rings. The fourth-order valence-corrected chi connectivity index (χ4v) is 6.90. The zero-order valence-corrected chi connectivity index (χ0v) is 26.3. The quantitative estimate of drug-likeness (QED) is 0.187. The average Bonchev–Trinajstić information content (AvgIpc) is 3.97. The van der Waals surface area contributed by atoms with Crippen molar-refractivity contribution in [3.8, 4) is 39.9 Å². The summed E-state index contributed by atoms with van der Waals surface area (Å²) in [5, 5.41) is 3.24. The van der Waals surface area contributed by atoms with E-state index in [-0.39, 0.29) is 62.3 Å². The van der Waals surface area contributed by atoms with Gasteiger partial charge in [0.1, 0.15) is 22.3 Å². The fourth-order valence-electron chi connectivity index (χ4n) is 6.90. The van der Waals surface area contributed by atoms with Crippen molar-refractivity contribution in [2.45, 2.75) is 0 Å². The van der Waals surface area contributed by atoms with Crippen molar-refractivity contribution in [2.75, 3.05) is 0 Å². The molecule has 6 nitrogen and oxygen atoms in total. The third-order valence-corrected chi connectivity index (χ3v) is 9.08. The van der Waals surface area contributed by atoms with E-state index >= 15 is 0 Å². The largest absolute Gasteiger partial charge is 0.456 e. The second-order valence-electron chi connectivity index (χ2n) is 11.9. The Labute approximate surface area is 306 Å². The van der Waals surface area contributed by atoms with Crippen LogP contribution in [0.15, 0.2) is 166 Å². The maximum Gasteiger partial charge on any atom is 0.238 e. The normalized spacial score (nSPS) is 14.9. The smallest absolute Gasteiger partial charge is 0.238 e. The Morgan fingerprint density at radius 3 is 2.12 bits per heavy atom. The molecule has 0 aliphatic carbocycles. The van der Waals surface area contributed by atoms with Crippen LogP contribution in [0.25, 0.3) is 106 Å². The van der Waals surface area contributed by atoms with Gasteiger partial charge in [-0.25, -0.2) is 4.98 Å². The minimum atomic E-state index is -0.629. The van der Waals surface area contributed by atoms with E-state index in [0.29, 0.717) is 27.8 Å². The van der Waals surface area contributed by atoms with Gasteiger partial charge in [-0.05, 0) is 53.5 Å². The average molecular weight is 666 g/mol. The summed E-state index contributed by atoms with van der Waals surface area (Å²) in [6, 6.07) is 21.9. The molecule has 0 atom stereocenters. The topological polar surface area (TPSA) is 69.9 Å². The lowest BCUT2D eigenvalue weighted by atomic mass is 9.99. The van der Waals surface area contributed by atoms with Crippen LogP contribution in [0.2, 0.25) is 0 Å². The van der Waals surface area contributed by atoms with Gasteiger partial charge in [0.05, 0.1) is 31.5 Å². The summed E-state index contributed by atoms with van der Waals surface area (Å²) in [5.74, 6) is -0.785. The molecular weight excluding hydrogens is 629 g/mol. The molecule has 0 unspecified atom stereocenters. The van der Waals surface area contributed by atoms with Crippen LogP contribution in [0, 0.1) is 0 Å². The molecule has 11 aromatic rings. The Hall–Kier alpha value is -7.05. The van der Waals surface area contributed by atoms with Gasteiger partial charge >= 0.3 is 0 Å². The fraction of sp³-hybridized carbons (Fsp3) is 0. The zero-order chi connectivity index (χ0) is 43.0. The highest BCUT2D eigenvalue weighted by Gasteiger charge is 2.22. The standard InChI is InChI=1S/C45H26N4O2/c1-3-12-27(13-4-1)30-18-11-21-37-40(30)34-23-22-29(26-39(34)51-37)44-46-43(28-14-5-2-6-15-28)47-45(48-44)49-35-19-9-7-16-31(35)32-24-25-38-41(42(32)49)33-17-8-10-20-36(33)50-38/h1-26H/i2D,5D,6D,11D,14D,15D,18D,21D,22D,23D,26D. The number of hydrogen-bond acceptors (Lipinski definition) is 5. The van der Waals surface area contributed by atoms with E-state index in [2.05, 4.69) is 4.98 Å². The molecule has 0 N–H and O–H groups in total. The molecule has 11 rings (SSSR count). The van der Waals surface area contributed by atoms with Gasteiger partial charge in [0.2, 0.25) is 5.95 Å². The molecule has 4 aromatic heterocycles. The summed E-state index contributed by atoms with van der Waals surface area (Å²) in [6.07, 6.45) is 0. The van der Waals surface area contributed by atoms with Crippen LogP contribution in [-0.2, 0) is 0 Å². The lowest BCUT2D eigenvalue weighted by molar-refractivity contribution is 0.668. The Balaban J connectivity index is 1.29. The number of rotatable bonds is 4. The maximum atomic E-state index is 9.61. The Kier molecular flexibility index (Phi) is 4.04. The summed E-state index contributed by atoms with van der Waals surface area (Å²) >= 11 is 0. The van der Waals surface area contributed by atoms with E-state index in [9.17, 15) is 4.11 Å². The molecule has 238 valence electrons. The number of hydrogen-bond donors (Lipinski definition) is 0. The lowest BCUT2D eigenvalue weighted by Gasteiger charge is -2.11. The maximum absolute atomic E-state index is 9.61. The Morgan fingerprint density at radius 2 is 1.24 bits per heavy atom. The van der Waals surface area contributed by atoms with Gasteiger partial charge in [0.15, 0.2) is 11.6 Å². The molecule has 6 heteroatoms. The molecule has 0 spiro atoms. The number of nitrogens with zero attached hydrogens (tertiary/aromatic N) is 4. The van der Waals surface area contributed by atoms with Crippen molar-refractivity contribution >= 4 is 65.7 Å². The molecule has 0 bridgehead atoms. The zero-order valence-electron chi connectivity index (χ0n) is 37.3. The van der Waals surface area contributed by atoms with Crippen molar-refractivity contribution < 1.29 is 23.9 Å². The highest BCUT2D eigenvalue weighted by Crippen LogP contribution is 2.41. The predicted molar refractivity (Wildman–Crippen MR) is 205 cm³/mol. The van der Waals surface area contributed by atoms with Gasteiger partial charge < -0.3 is 8.83 Å². The number of aromatic nitrogens is 4. The van der Waals surface area contributed by atoms with Crippen LogP contribution in [0.1, 0.15) is 15.1 Å². The number of furan rings is 2. The van der Waals surface area contributed by atoms with Gasteiger partial charge in [0, 0.05) is 38.1 Å². The summed E-state index contributed by atoms with van der Waals surface area (Å²) < 4.78 is 112. The molecule has 7 aromatic carbocycles. The first-order chi connectivity index (χ1) is 29.9. The summed E-state index contributed by atoms with van der Waals surface area (Å²) in [4.78, 5) is 14.3. The van der Waals surface area contributed by atoms with Crippen LogP contribution < -0.4 is 0 Å². The molecular formula is C45H26N4O2. The Bertz CT molecular complexity index is 3760. The monoisotopic (exact) mass is 665 g/mol. The van der Waals surface area contributed by atoms with Crippen molar-refractivity contribution in [2.24, 2.45) is 0 Å². The van der Waals surface area contributed by atoms with E-state index < -0.39 is 60.4 Å². The van der Waals surface area contributed by atoms with E-state index in [4.69, 9.17) is 29.8 Å². The molecule has 0 radical (unpaired) electrons. The molecule has 0 amide bonds. The summed E-state index contributed by atoms with van der Waals surface area (Å²) in [5.41, 5.74) is 2.14. The number of fused-ring (bicyclic) bond motifs is 10. The van der Waals surface area contributed by atoms with Crippen molar-refractivity contribution in [1.29, 1.82) is 0 Å². The highest BCUT2D eigenvalue weighted by molar-refractivity contribution is 6.24. The molecule has 0 aliphatic rings. The Morgan fingerprint density at radius 1 is 0.471 bits per heavy atom. The first-order valence-corrected chi connectivity index (χ1v) is 16.1.